The third-order valence-corrected chi connectivity index (χ3v) is 7.40. The number of carbonyl (C=O) groups is 2. The average Bonchev–Trinajstić information content (AvgIpc) is 3.40. The van der Waals surface area contributed by atoms with Crippen molar-refractivity contribution >= 4 is 49.6 Å². The minimum Gasteiger partial charge on any atom is -0.477 e. The lowest BCUT2D eigenvalue weighted by Gasteiger charge is -2.19. The van der Waals surface area contributed by atoms with Crippen LogP contribution in [0.4, 0.5) is 5.69 Å². The van der Waals surface area contributed by atoms with Crippen molar-refractivity contribution in [2.45, 2.75) is 16.0 Å². The maximum Gasteiger partial charge on any atom is 0.356 e. The first kappa shape index (κ1) is 29.1. The number of rotatable bonds is 8. The zero-order valence-corrected chi connectivity index (χ0v) is 21.8. The van der Waals surface area contributed by atoms with E-state index in [0.717, 1.165) is 76.4 Å². The van der Waals surface area contributed by atoms with Gasteiger partial charge >= 0.3 is 11.9 Å². The summed E-state index contributed by atoms with van der Waals surface area (Å²) in [7, 11) is -9.02. The van der Waals surface area contributed by atoms with Gasteiger partial charge in [0.15, 0.2) is 17.6 Å². The smallest absolute Gasteiger partial charge is 0.356 e. The summed E-state index contributed by atoms with van der Waals surface area (Å²) >= 11 is 0. The number of hydrogen-bond donors (Lipinski definition) is 6. The van der Waals surface area contributed by atoms with Gasteiger partial charge in [-0.3, -0.25) is 19.0 Å². The van der Waals surface area contributed by atoms with Crippen LogP contribution >= 0.6 is 0 Å². The van der Waals surface area contributed by atoms with Gasteiger partial charge in [-0.15, -0.1) is 0 Å². The Hall–Kier alpha value is -4.88. The van der Waals surface area contributed by atoms with E-state index < -0.39 is 65.2 Å². The van der Waals surface area contributed by atoms with Gasteiger partial charge in [-0.25, -0.2) is 19.3 Å². The molecule has 3 aromatic rings. The van der Waals surface area contributed by atoms with Crippen molar-refractivity contribution in [1.82, 2.24) is 9.78 Å². The summed E-state index contributed by atoms with van der Waals surface area (Å²) in [6.45, 7) is 0. The molecule has 18 heteroatoms. The number of hydrazone groups is 1. The van der Waals surface area contributed by atoms with Crippen molar-refractivity contribution in [2.24, 2.45) is 5.10 Å². The number of nitrogens with one attached hydrogen (secondary N) is 1. The Morgan fingerprint density at radius 2 is 1.37 bits per heavy atom. The van der Waals surface area contributed by atoms with Gasteiger partial charge in [0, 0.05) is 5.57 Å². The van der Waals surface area contributed by atoms with Gasteiger partial charge < -0.3 is 15.3 Å². The first-order valence-corrected chi connectivity index (χ1v) is 13.9. The molecule has 4 rings (SSSR count). The number of aromatic carboxylic acids is 1. The van der Waals surface area contributed by atoms with Crippen LogP contribution in [0, 0.1) is 0 Å². The second-order valence-electron chi connectivity index (χ2n) is 8.24. The Morgan fingerprint density at radius 1 is 0.854 bits per heavy atom. The second kappa shape index (κ2) is 10.6. The first-order valence-electron chi connectivity index (χ1n) is 11.0. The Morgan fingerprint density at radius 3 is 1.83 bits per heavy atom. The lowest BCUT2D eigenvalue weighted by Crippen LogP contribution is -2.28. The van der Waals surface area contributed by atoms with Gasteiger partial charge in [0.1, 0.15) is 0 Å². The quantitative estimate of drug-likeness (QED) is 0.192. The number of carboxylic acids is 2. The number of allylic oxidation sites excluding steroid dienone is 2. The van der Waals surface area contributed by atoms with Crippen LogP contribution in [0.15, 0.2) is 85.9 Å². The highest BCUT2D eigenvalue weighted by molar-refractivity contribution is 7.86. The fourth-order valence-corrected chi connectivity index (χ4v) is 4.70. The molecule has 1 aliphatic heterocycles. The minimum atomic E-state index is -4.51. The number of H-pyrrole nitrogens is 1. The molecule has 0 bridgehead atoms. The number of aliphatic carboxylic acids is 1. The Kier molecular flexibility index (Phi) is 7.52. The topological polar surface area (TPSA) is 257 Å². The Labute approximate surface area is 229 Å². The molecule has 2 heterocycles. The van der Waals surface area contributed by atoms with E-state index in [0.29, 0.717) is 0 Å². The highest BCUT2D eigenvalue weighted by atomic mass is 32.2. The molecule has 6 N–H and O–H groups in total. The van der Waals surface area contributed by atoms with Crippen LogP contribution in [-0.2, 0) is 25.0 Å². The maximum absolute atomic E-state index is 13.0. The van der Waals surface area contributed by atoms with Crippen LogP contribution in [0.5, 0.6) is 0 Å². The first-order chi connectivity index (χ1) is 19.1. The predicted octanol–water partition coefficient (Wildman–Crippen LogP) is 0.576. The van der Waals surface area contributed by atoms with Crippen molar-refractivity contribution in [3.63, 3.8) is 0 Å². The van der Waals surface area contributed by atoms with E-state index in [1.165, 1.54) is 0 Å². The molecule has 214 valence electrons. The lowest BCUT2D eigenvalue weighted by molar-refractivity contribution is -0.129. The van der Waals surface area contributed by atoms with E-state index in [4.69, 9.17) is 9.11 Å². The van der Waals surface area contributed by atoms with Crippen LogP contribution in [0.3, 0.4) is 0 Å². The van der Waals surface area contributed by atoms with Gasteiger partial charge in [0.05, 0.1) is 26.7 Å². The number of aromatic amines is 1. The minimum absolute atomic E-state index is 0.0325. The number of carboxylic acid groups (broad SMARTS) is 2. The van der Waals surface area contributed by atoms with Crippen molar-refractivity contribution in [2.75, 3.05) is 5.01 Å². The number of nitrogens with zero attached hydrogens (tertiary/aromatic N) is 3. The molecule has 0 spiro atoms. The molecule has 16 nitrogen and oxygen atoms in total. The highest BCUT2D eigenvalue weighted by Crippen LogP contribution is 2.28. The molecule has 0 fully saturated rings. The van der Waals surface area contributed by atoms with Crippen LogP contribution < -0.4 is 10.6 Å². The van der Waals surface area contributed by atoms with Gasteiger partial charge in [0.2, 0.25) is 0 Å². The Bertz CT molecular complexity index is 1920. The number of aromatic nitrogens is 2. The zero-order chi connectivity index (χ0) is 30.3. The second-order valence-corrected chi connectivity index (χ2v) is 11.1. The predicted molar refractivity (Wildman–Crippen MR) is 140 cm³/mol. The summed E-state index contributed by atoms with van der Waals surface area (Å²) < 4.78 is 64.0. The molecule has 0 amide bonds. The van der Waals surface area contributed by atoms with Crippen molar-refractivity contribution in [3.05, 3.63) is 87.9 Å². The number of anilines is 1. The molecule has 0 unspecified atom stereocenters. The molecular formula is C23H18N4O12S2. The summed E-state index contributed by atoms with van der Waals surface area (Å²) in [5.74, 6) is -3.07. The normalized spacial score (nSPS) is 16.9. The molecule has 1 atom stereocenters. The van der Waals surface area contributed by atoms with E-state index in [2.05, 4.69) is 10.2 Å². The average molecular weight is 607 g/mol. The van der Waals surface area contributed by atoms with Crippen molar-refractivity contribution in [1.29, 1.82) is 0 Å². The van der Waals surface area contributed by atoms with E-state index >= 15 is 0 Å². The third kappa shape index (κ3) is 5.85. The van der Waals surface area contributed by atoms with E-state index in [1.807, 2.05) is 0 Å². The lowest BCUT2D eigenvalue weighted by atomic mass is 10.1. The van der Waals surface area contributed by atoms with Gasteiger partial charge in [-0.1, -0.05) is 12.2 Å². The maximum atomic E-state index is 13.0. The molecule has 0 aliphatic carbocycles. The molecule has 1 aromatic heterocycles. The molecule has 2 aromatic carbocycles. The Balaban J connectivity index is 1.69. The molecule has 0 saturated carbocycles. The van der Waals surface area contributed by atoms with Crippen LogP contribution in [0.1, 0.15) is 16.1 Å². The van der Waals surface area contributed by atoms with E-state index in [9.17, 15) is 46.5 Å². The summed E-state index contributed by atoms with van der Waals surface area (Å²) in [6.07, 6.45) is 1.53. The fraction of sp³-hybridized carbons (Fsp3) is 0.0435. The highest BCUT2D eigenvalue weighted by Gasteiger charge is 2.35. The third-order valence-electron chi connectivity index (χ3n) is 5.66. The number of benzene rings is 2. The zero-order valence-electron chi connectivity index (χ0n) is 20.2. The van der Waals surface area contributed by atoms with Gasteiger partial charge in [-0.2, -0.15) is 21.9 Å². The van der Waals surface area contributed by atoms with Crippen LogP contribution in [0.25, 0.3) is 11.8 Å². The standard InChI is InChI=1S/C23H18N4O12S2/c28-20-16(18(22(30)31)24-26(20)12-4-8-14(9-5-12)40(34,35)36)2-1-3-17-19(23(32)33)25-27(21(17)29)13-6-10-15(11-7-13)41(37,38)39/h1-11,20,25,28H,(H,30,31)(H,32,33)(H,34,35,36)(H,37,38,39)/b3-1?,16-2-/t20-/m1/s1. The monoisotopic (exact) mass is 606 g/mol. The van der Waals surface area contributed by atoms with Crippen molar-refractivity contribution in [3.8, 4) is 5.69 Å². The number of hydrogen-bond acceptors (Lipinski definition) is 10. The largest absolute Gasteiger partial charge is 0.477 e. The van der Waals surface area contributed by atoms with Gasteiger partial charge in [-0.05, 0) is 54.6 Å². The van der Waals surface area contributed by atoms with Gasteiger partial charge in [0.25, 0.3) is 25.8 Å². The summed E-state index contributed by atoms with van der Waals surface area (Å²) in [6, 6.07) is 8.62. The van der Waals surface area contributed by atoms with E-state index in [1.54, 1.807) is 0 Å². The van der Waals surface area contributed by atoms with Crippen molar-refractivity contribution < 1.29 is 50.8 Å². The fourth-order valence-electron chi connectivity index (χ4n) is 3.74. The number of aliphatic hydroxyl groups is 1. The van der Waals surface area contributed by atoms with Crippen LogP contribution in [0.2, 0.25) is 0 Å². The van der Waals surface area contributed by atoms with E-state index in [-0.39, 0.29) is 22.5 Å². The molecule has 1 aliphatic rings. The summed E-state index contributed by atoms with van der Waals surface area (Å²) in [5, 5.41) is 36.9. The molecular weight excluding hydrogens is 588 g/mol. The molecule has 0 radical (unpaired) electrons. The summed E-state index contributed by atoms with van der Waals surface area (Å²) in [4.78, 5) is 35.6. The number of aliphatic hydroxyl groups excluding tert-OH is 1. The molecule has 0 saturated heterocycles. The van der Waals surface area contributed by atoms with Crippen LogP contribution in [-0.4, -0.2) is 74.9 Å². The summed E-state index contributed by atoms with van der Waals surface area (Å²) in [5.41, 5.74) is -2.60. The molecule has 41 heavy (non-hydrogen) atoms. The SMILES string of the molecule is O=C(O)C1=NN(c2ccc(S(=O)(=O)O)cc2)[C@H](O)/C1=C\C=Cc1c(C(=O)O)[nH]n(-c2ccc(S(=O)(=O)O)cc2)c1=O.